The Morgan fingerprint density at radius 1 is 0.301 bits per heavy atom. The maximum Gasteiger partial charge on any atom is 0.472 e. The molecule has 0 heterocycles. The highest BCUT2D eigenvalue weighted by Gasteiger charge is 2.29. The van der Waals surface area contributed by atoms with Gasteiger partial charge in [0.2, 0.25) is 0 Å². The smallest absolute Gasteiger partial charge is 0.463 e. The molecule has 0 fully saturated rings. The molecule has 524 valence electrons. The van der Waals surface area contributed by atoms with E-state index in [1.165, 1.54) is 0 Å². The number of carbonyl (C=O) groups is 3. The molecule has 0 rings (SSSR count). The van der Waals surface area contributed by atoms with Crippen LogP contribution < -0.4 is 0 Å². The second kappa shape index (κ2) is 66.7. The zero-order chi connectivity index (χ0) is 68.1. The van der Waals surface area contributed by atoms with Crippen LogP contribution in [0.5, 0.6) is 0 Å². The molecule has 0 aliphatic carbocycles. The molecule has 5 unspecified atom stereocenters. The number of aliphatic hydroxyl groups excluding tert-OH is 2. The third-order valence-corrected chi connectivity index (χ3v) is 15.0. The van der Waals surface area contributed by atoms with Gasteiger partial charge in [-0.05, 0) is 141 Å². The number of ether oxygens (including phenoxy) is 3. The molecular weight excluding hydrogens is 1220 g/mol. The van der Waals surface area contributed by atoms with Gasteiger partial charge in [-0.25, -0.2) is 9.13 Å². The van der Waals surface area contributed by atoms with Crippen molar-refractivity contribution in [2.24, 2.45) is 0 Å². The van der Waals surface area contributed by atoms with Crippen molar-refractivity contribution >= 4 is 33.6 Å². The summed E-state index contributed by atoms with van der Waals surface area (Å²) < 4.78 is 60.8. The highest BCUT2D eigenvalue weighted by molar-refractivity contribution is 7.47. The first-order valence-electron chi connectivity index (χ1n) is 34.1. The van der Waals surface area contributed by atoms with Gasteiger partial charge in [-0.1, -0.05) is 235 Å². The molecule has 18 heteroatoms. The van der Waals surface area contributed by atoms with Crippen LogP contribution in [-0.4, -0.2) is 95.9 Å². The van der Waals surface area contributed by atoms with Gasteiger partial charge in [0.05, 0.1) is 26.4 Å². The zero-order valence-electron chi connectivity index (χ0n) is 56.6. The monoisotopic (exact) mass is 1340 g/mol. The Morgan fingerprint density at radius 3 is 0.914 bits per heavy atom. The average Bonchev–Trinajstić information content (AvgIpc) is 3.70. The number of aliphatic hydroxyl groups is 2. The fraction of sp³-hybridized carbons (Fsp3) is 0.560. The number of hydrogen-bond donors (Lipinski definition) is 4. The second-order valence-electron chi connectivity index (χ2n) is 21.8. The van der Waals surface area contributed by atoms with Crippen molar-refractivity contribution < 1.29 is 75.8 Å². The van der Waals surface area contributed by atoms with E-state index in [0.717, 1.165) is 148 Å². The molecule has 0 saturated heterocycles. The van der Waals surface area contributed by atoms with E-state index in [-0.39, 0.29) is 19.3 Å². The molecule has 0 aromatic rings. The lowest BCUT2D eigenvalue weighted by Crippen LogP contribution is -2.30. The van der Waals surface area contributed by atoms with E-state index >= 15 is 0 Å². The molecule has 0 saturated carbocycles. The van der Waals surface area contributed by atoms with Crippen molar-refractivity contribution in [2.45, 2.75) is 232 Å². The minimum Gasteiger partial charge on any atom is -0.463 e. The predicted octanol–water partition coefficient (Wildman–Crippen LogP) is 19.1. The zero-order valence-corrected chi connectivity index (χ0v) is 58.4. The van der Waals surface area contributed by atoms with Crippen LogP contribution in [-0.2, 0) is 55.8 Å². The van der Waals surface area contributed by atoms with Gasteiger partial charge in [0.15, 0.2) is 6.10 Å². The van der Waals surface area contributed by atoms with Gasteiger partial charge >= 0.3 is 33.6 Å². The number of phosphoric ester groups is 2. The van der Waals surface area contributed by atoms with E-state index in [1.807, 2.05) is 18.2 Å². The van der Waals surface area contributed by atoms with Crippen LogP contribution >= 0.6 is 15.6 Å². The van der Waals surface area contributed by atoms with Crippen LogP contribution in [0.3, 0.4) is 0 Å². The van der Waals surface area contributed by atoms with E-state index in [2.05, 4.69) is 185 Å². The molecule has 0 radical (unpaired) electrons. The average molecular weight is 1340 g/mol. The summed E-state index contributed by atoms with van der Waals surface area (Å²) in [4.78, 5) is 58.4. The predicted molar refractivity (Wildman–Crippen MR) is 380 cm³/mol. The van der Waals surface area contributed by atoms with Gasteiger partial charge in [0, 0.05) is 19.3 Å². The molecular formula is C75H118O16P2. The van der Waals surface area contributed by atoms with E-state index in [1.54, 1.807) is 0 Å². The van der Waals surface area contributed by atoms with Crippen LogP contribution in [0.25, 0.3) is 0 Å². The van der Waals surface area contributed by atoms with Crippen molar-refractivity contribution in [2.75, 3.05) is 39.6 Å². The first kappa shape index (κ1) is 87.7. The molecule has 0 aliphatic heterocycles. The minimum atomic E-state index is -4.96. The normalized spacial score (nSPS) is 15.3. The van der Waals surface area contributed by atoms with Gasteiger partial charge < -0.3 is 34.2 Å². The Morgan fingerprint density at radius 2 is 0.559 bits per heavy atom. The summed E-state index contributed by atoms with van der Waals surface area (Å²) in [5.41, 5.74) is 0. The van der Waals surface area contributed by atoms with E-state index in [9.17, 15) is 43.5 Å². The van der Waals surface area contributed by atoms with Crippen molar-refractivity contribution in [1.29, 1.82) is 0 Å². The Kier molecular flexibility index (Phi) is 62.8. The molecule has 0 aromatic heterocycles. The number of phosphoric acid groups is 2. The quantitative estimate of drug-likeness (QED) is 0.0146. The number of rotatable bonds is 62. The molecule has 16 nitrogen and oxygen atoms in total. The van der Waals surface area contributed by atoms with Crippen LogP contribution in [0, 0.1) is 0 Å². The molecule has 0 amide bonds. The fourth-order valence-electron chi connectivity index (χ4n) is 8.02. The van der Waals surface area contributed by atoms with Gasteiger partial charge in [0.1, 0.15) is 25.4 Å². The summed E-state index contributed by atoms with van der Waals surface area (Å²) in [5, 5.41) is 20.6. The Bertz CT molecular complexity index is 2420. The summed E-state index contributed by atoms with van der Waals surface area (Å²) >= 11 is 0. The van der Waals surface area contributed by atoms with Gasteiger partial charge in [0.25, 0.3) is 0 Å². The SMILES string of the molecule is CC/C=C\C/C=C\C/C=C\C/C=C\C/C=C\C/C=C\CCC(=O)OCC(COP(=O)(O)OCC(O)COP(=O)(O)OCC(O)COC(=O)CCCCCCC/C=C\C/C=C\C/C=C\C/C=C\C/C=C\CC)OC(=O)CCCCCC/C=C\C/C=C\C/C=C\C/C=C\CC. The number of unbranched alkanes of at least 4 members (excludes halogenated alkanes) is 9. The third-order valence-electron chi connectivity index (χ3n) is 13.1. The molecule has 4 N–H and O–H groups in total. The molecule has 0 aromatic carbocycles. The molecule has 93 heavy (non-hydrogen) atoms. The van der Waals surface area contributed by atoms with Gasteiger partial charge in [-0.3, -0.25) is 32.5 Å². The molecule has 0 bridgehead atoms. The summed E-state index contributed by atoms with van der Waals surface area (Å²) in [6.45, 7) is 2.14. The first-order valence-corrected chi connectivity index (χ1v) is 37.1. The molecule has 0 aliphatic rings. The van der Waals surface area contributed by atoms with Gasteiger partial charge in [-0.2, -0.15) is 0 Å². The van der Waals surface area contributed by atoms with Crippen molar-refractivity contribution in [1.82, 2.24) is 0 Å². The third kappa shape index (κ3) is 67.9. The Balaban J connectivity index is 4.82. The van der Waals surface area contributed by atoms with Crippen LogP contribution in [0.1, 0.15) is 213 Å². The maximum atomic E-state index is 12.9. The fourth-order valence-corrected chi connectivity index (χ4v) is 9.61. The van der Waals surface area contributed by atoms with E-state index in [4.69, 9.17) is 32.3 Å². The molecule has 0 spiro atoms. The number of hydrogen-bond acceptors (Lipinski definition) is 14. The Labute approximate surface area is 560 Å². The first-order chi connectivity index (χ1) is 45.2. The number of carbonyl (C=O) groups excluding carboxylic acids is 3. The van der Waals surface area contributed by atoms with Crippen LogP contribution in [0.2, 0.25) is 0 Å². The summed E-state index contributed by atoms with van der Waals surface area (Å²) in [6, 6.07) is 0. The van der Waals surface area contributed by atoms with E-state index in [0.29, 0.717) is 25.7 Å². The molecule has 5 atom stereocenters. The summed E-state index contributed by atoms with van der Waals surface area (Å²) in [7, 11) is -9.83. The van der Waals surface area contributed by atoms with Crippen LogP contribution in [0.15, 0.2) is 182 Å². The lowest BCUT2D eigenvalue weighted by Gasteiger charge is -2.21. The summed E-state index contributed by atoms with van der Waals surface area (Å²) in [6.07, 6.45) is 83.8. The van der Waals surface area contributed by atoms with Crippen molar-refractivity contribution in [3.05, 3.63) is 182 Å². The topological polar surface area (TPSA) is 231 Å². The van der Waals surface area contributed by atoms with Crippen molar-refractivity contribution in [3.63, 3.8) is 0 Å². The largest absolute Gasteiger partial charge is 0.472 e. The lowest BCUT2D eigenvalue weighted by atomic mass is 10.1. The minimum absolute atomic E-state index is 0.0310. The highest BCUT2D eigenvalue weighted by Crippen LogP contribution is 2.45. The van der Waals surface area contributed by atoms with E-state index < -0.39 is 91.5 Å². The van der Waals surface area contributed by atoms with Crippen LogP contribution in [0.4, 0.5) is 0 Å². The lowest BCUT2D eigenvalue weighted by molar-refractivity contribution is -0.161. The highest BCUT2D eigenvalue weighted by atomic mass is 31.2. The Hall–Kier alpha value is -5.35. The maximum absolute atomic E-state index is 12.9. The van der Waals surface area contributed by atoms with Crippen molar-refractivity contribution in [3.8, 4) is 0 Å². The number of allylic oxidation sites excluding steroid dienone is 30. The van der Waals surface area contributed by atoms with Gasteiger partial charge in [-0.15, -0.1) is 0 Å². The summed E-state index contributed by atoms with van der Waals surface area (Å²) in [5.74, 6) is -1.74. The second-order valence-corrected chi connectivity index (χ2v) is 24.7. The number of esters is 3. The standard InChI is InChI=1S/C75H118O16P2/c1-4-7-10-13-16-19-22-25-28-31-33-34-36-39-40-43-46-49-52-55-58-61-73(78)85-64-70(76)65-87-92(81,82)88-66-71(77)67-89-93(83,84)90-69-72(91-75(80)63-60-57-54-51-48-45-42-37-30-27-24-21-18-15-12-9-6-3)68-86-74(79)62-59-56-53-50-47-44-41-38-35-32-29-26-23-20-17-14-11-8-5-2/h7-12,16-21,25-30,33-35,38-40,42,44-45,47,53,56,70-72,76-77H,4-6,13-15,22-24,31-32,36-37,41,43,46,48-52,54-55,57-69H2,1-3H3,(H,81,82)(H,83,84)/b10-7-,11-8-,12-9-,19-16-,20-17-,21-18-,28-25-,29-26-,30-27-,34-33-,38-35-,40-39-,45-42-,47-44-,56-53-.